The number of fused-ring (bicyclic) bond motifs is 9. The first kappa shape index (κ1) is 60.2. The van der Waals surface area contributed by atoms with Crippen LogP contribution in [0.1, 0.15) is 44.5 Å². The smallest absolute Gasteiger partial charge is 0.227 e. The summed E-state index contributed by atoms with van der Waals surface area (Å²) in [4.78, 5) is 25.7. The molecule has 0 fully saturated rings. The van der Waals surface area contributed by atoms with Crippen LogP contribution < -0.4 is 9.80 Å². The second-order valence-corrected chi connectivity index (χ2v) is 26.8. The number of aromatic nitrogens is 4. The van der Waals surface area contributed by atoms with Gasteiger partial charge in [-0.1, -0.05) is 243 Å². The number of hydrogen-bond donors (Lipinski definition) is 0. The molecule has 2 aliphatic rings. The summed E-state index contributed by atoms with van der Waals surface area (Å²) in [6.45, 7) is 0. The molecule has 104 heavy (non-hydrogen) atoms. The van der Waals surface area contributed by atoms with Crippen LogP contribution >= 0.6 is 0 Å². The standard InChI is InChI=1S/C96H62N6O2/c1-7-25-67(26-8-1)95(68-27-9-2-10-28-68)81-59-65(93-99-87-39-21-23-41-89(87)103-93)47-55-77(81)79-57-53-75(61-83(79)95)101(71-33-15-5-16-34-71)73-49-43-63(44-50-73)91-92(98-86-38-20-19-37-85(86)97-91)64-45-51-74(52-46-64)102(72-35-17-6-18-36-72)76-54-58-80-78-56-48-66(94-100-88-40-22-24-42-90(88)104-94)60-82(78)96(84(80)62-76,69-29-11-3-12-30-69)70-31-13-4-14-32-70/h1-62H. The molecule has 0 atom stereocenters. The number of nitrogens with zero attached hydrogens (tertiary/aromatic N) is 6. The van der Waals surface area contributed by atoms with Crippen molar-refractivity contribution < 1.29 is 8.83 Å². The van der Waals surface area contributed by atoms with Gasteiger partial charge in [0.25, 0.3) is 0 Å². The van der Waals surface area contributed by atoms with Crippen LogP contribution in [0.2, 0.25) is 0 Å². The topological polar surface area (TPSA) is 84.3 Å². The van der Waals surface area contributed by atoms with Crippen molar-refractivity contribution in [2.24, 2.45) is 0 Å². The van der Waals surface area contributed by atoms with Gasteiger partial charge < -0.3 is 18.6 Å². The summed E-state index contributed by atoms with van der Waals surface area (Å²) in [5.74, 6) is 1.18. The van der Waals surface area contributed by atoms with E-state index in [9.17, 15) is 0 Å². The van der Waals surface area contributed by atoms with E-state index in [4.69, 9.17) is 28.8 Å². The van der Waals surface area contributed by atoms with Gasteiger partial charge in [-0.2, -0.15) is 0 Å². The number of oxazole rings is 2. The first-order valence-corrected chi connectivity index (χ1v) is 35.2. The summed E-state index contributed by atoms with van der Waals surface area (Å²) in [6, 6.07) is 134. The Bertz CT molecular complexity index is 5750. The molecule has 3 heterocycles. The van der Waals surface area contributed by atoms with Crippen LogP contribution in [-0.2, 0) is 10.8 Å². The molecule has 8 nitrogen and oxygen atoms in total. The summed E-state index contributed by atoms with van der Waals surface area (Å²) in [5.41, 5.74) is 28.8. The van der Waals surface area contributed by atoms with Crippen molar-refractivity contribution in [2.45, 2.75) is 10.8 Å². The SMILES string of the molecule is c1ccc(N(c2ccc(-c3nc4ccccc4nc3-c3ccc(N(c4ccccc4)c4ccc5c(c4)C(c4ccccc4)(c4ccccc4)c4cc(-c6nc7ccccc7o6)ccc4-5)cc3)cc2)c2ccc3c(c2)C(c2ccccc2)(c2ccccc2)c2cc(-c4nc5ccccc5o4)ccc2-3)cc1. The molecule has 18 aromatic rings. The molecular formula is C96H62N6O2. The molecule has 0 saturated carbocycles. The Balaban J connectivity index is 0.689. The average molecular weight is 1330 g/mol. The van der Waals surface area contributed by atoms with Crippen LogP contribution in [0, 0.1) is 0 Å². The number of anilines is 6. The summed E-state index contributed by atoms with van der Waals surface area (Å²) < 4.78 is 12.9. The predicted molar refractivity (Wildman–Crippen MR) is 420 cm³/mol. The maximum atomic E-state index is 6.47. The first-order valence-electron chi connectivity index (χ1n) is 35.2. The van der Waals surface area contributed by atoms with E-state index in [2.05, 4.69) is 313 Å². The van der Waals surface area contributed by atoms with Crippen LogP contribution in [0.3, 0.4) is 0 Å². The molecule has 0 radical (unpaired) electrons. The molecule has 0 unspecified atom stereocenters. The van der Waals surface area contributed by atoms with Crippen molar-refractivity contribution in [1.82, 2.24) is 19.9 Å². The molecule has 0 bridgehead atoms. The monoisotopic (exact) mass is 1330 g/mol. The van der Waals surface area contributed by atoms with E-state index < -0.39 is 10.8 Å². The van der Waals surface area contributed by atoms with E-state index in [1.807, 2.05) is 72.8 Å². The Morgan fingerprint density at radius 3 is 0.827 bits per heavy atom. The van der Waals surface area contributed by atoms with Gasteiger partial charge >= 0.3 is 0 Å². The first-order chi connectivity index (χ1) is 51.5. The number of benzene rings is 15. The van der Waals surface area contributed by atoms with Crippen LogP contribution in [0.5, 0.6) is 0 Å². The minimum Gasteiger partial charge on any atom is -0.436 e. The molecule has 8 heteroatoms. The highest BCUT2D eigenvalue weighted by Gasteiger charge is 2.49. The van der Waals surface area contributed by atoms with E-state index in [1.165, 1.54) is 44.5 Å². The number of para-hydroxylation sites is 8. The summed E-state index contributed by atoms with van der Waals surface area (Å²) >= 11 is 0. The largest absolute Gasteiger partial charge is 0.436 e. The molecule has 0 aliphatic heterocycles. The van der Waals surface area contributed by atoms with Crippen LogP contribution in [0.4, 0.5) is 34.1 Å². The summed E-state index contributed by atoms with van der Waals surface area (Å²) in [6.07, 6.45) is 0. The van der Waals surface area contributed by atoms with Crippen LogP contribution in [0.15, 0.2) is 385 Å². The van der Waals surface area contributed by atoms with E-state index in [-0.39, 0.29) is 0 Å². The Labute approximate surface area is 601 Å². The predicted octanol–water partition coefficient (Wildman–Crippen LogP) is 24.2. The molecule has 0 N–H and O–H groups in total. The molecule has 15 aromatic carbocycles. The van der Waals surface area contributed by atoms with Crippen molar-refractivity contribution in [3.63, 3.8) is 0 Å². The fourth-order valence-corrected chi connectivity index (χ4v) is 16.5. The summed E-state index contributed by atoms with van der Waals surface area (Å²) in [5, 5.41) is 0. The van der Waals surface area contributed by atoms with Crippen molar-refractivity contribution in [1.29, 1.82) is 0 Å². The maximum Gasteiger partial charge on any atom is 0.227 e. The molecule has 0 amide bonds. The lowest BCUT2D eigenvalue weighted by Crippen LogP contribution is -2.28. The van der Waals surface area contributed by atoms with Crippen molar-refractivity contribution >= 4 is 67.4 Å². The van der Waals surface area contributed by atoms with Gasteiger partial charge in [0.15, 0.2) is 11.2 Å². The Morgan fingerprint density at radius 1 is 0.212 bits per heavy atom. The minimum atomic E-state index is -0.713. The van der Waals surface area contributed by atoms with E-state index >= 15 is 0 Å². The highest BCUT2D eigenvalue weighted by molar-refractivity contribution is 5.95. The third-order valence-corrected chi connectivity index (χ3v) is 21.1. The van der Waals surface area contributed by atoms with Crippen molar-refractivity contribution in [2.75, 3.05) is 9.80 Å². The molecular weight excluding hydrogens is 1270 g/mol. The molecule has 488 valence electrons. The second-order valence-electron chi connectivity index (χ2n) is 26.8. The van der Waals surface area contributed by atoms with Gasteiger partial charge in [0.2, 0.25) is 11.8 Å². The molecule has 0 spiro atoms. The van der Waals surface area contributed by atoms with Gasteiger partial charge in [-0.15, -0.1) is 0 Å². The highest BCUT2D eigenvalue weighted by Crippen LogP contribution is 2.60. The van der Waals surface area contributed by atoms with Gasteiger partial charge in [0, 0.05) is 56.4 Å². The van der Waals surface area contributed by atoms with Crippen molar-refractivity contribution in [3.05, 3.63) is 421 Å². The number of rotatable bonds is 14. The number of hydrogen-bond acceptors (Lipinski definition) is 8. The van der Waals surface area contributed by atoms with Gasteiger partial charge in [-0.25, -0.2) is 19.9 Å². The fraction of sp³-hybridized carbons (Fsp3) is 0.0208. The quantitative estimate of drug-likeness (QED) is 0.106. The lowest BCUT2D eigenvalue weighted by Gasteiger charge is -2.35. The Hall–Kier alpha value is -13.8. The zero-order chi connectivity index (χ0) is 68.7. The zero-order valence-corrected chi connectivity index (χ0v) is 56.3. The van der Waals surface area contributed by atoms with E-state index in [1.54, 1.807) is 0 Å². The Morgan fingerprint density at radius 2 is 0.481 bits per heavy atom. The normalized spacial score (nSPS) is 13.0. The van der Waals surface area contributed by atoms with Gasteiger partial charge in [-0.3, -0.25) is 0 Å². The molecule has 20 rings (SSSR count). The van der Waals surface area contributed by atoms with Crippen LogP contribution in [-0.4, -0.2) is 19.9 Å². The second kappa shape index (κ2) is 24.5. The lowest BCUT2D eigenvalue weighted by atomic mass is 9.67. The summed E-state index contributed by atoms with van der Waals surface area (Å²) in [7, 11) is 0. The van der Waals surface area contributed by atoms with E-state index in [0.717, 1.165) is 123 Å². The van der Waals surface area contributed by atoms with Gasteiger partial charge in [0.05, 0.1) is 33.3 Å². The molecule has 3 aromatic heterocycles. The highest BCUT2D eigenvalue weighted by atomic mass is 16.4. The maximum absolute atomic E-state index is 6.47. The molecule has 2 aliphatic carbocycles. The van der Waals surface area contributed by atoms with Gasteiger partial charge in [-0.05, 0) is 200 Å². The Kier molecular flexibility index (Phi) is 14.2. The third-order valence-electron chi connectivity index (χ3n) is 21.1. The van der Waals surface area contributed by atoms with Gasteiger partial charge in [0.1, 0.15) is 11.0 Å². The third kappa shape index (κ3) is 9.68. The van der Waals surface area contributed by atoms with Crippen LogP contribution in [0.25, 0.3) is 101 Å². The fourth-order valence-electron chi connectivity index (χ4n) is 16.5. The van der Waals surface area contributed by atoms with E-state index in [0.29, 0.717) is 11.8 Å². The molecule has 0 saturated heterocycles. The average Bonchev–Trinajstić information content (AvgIpc) is 1.54. The lowest BCUT2D eigenvalue weighted by molar-refractivity contribution is 0.619. The zero-order valence-electron chi connectivity index (χ0n) is 56.3. The minimum absolute atomic E-state index is 0.591. The van der Waals surface area contributed by atoms with Crippen molar-refractivity contribution in [3.8, 4) is 67.7 Å².